The van der Waals surface area contributed by atoms with Crippen molar-refractivity contribution >= 4 is 15.9 Å². The molecule has 2 rings (SSSR count). The molecule has 0 saturated heterocycles. The lowest BCUT2D eigenvalue weighted by Gasteiger charge is -2.14. The van der Waals surface area contributed by atoms with E-state index in [1.807, 2.05) is 36.4 Å². The summed E-state index contributed by atoms with van der Waals surface area (Å²) in [4.78, 5) is 0. The van der Waals surface area contributed by atoms with Gasteiger partial charge in [0.2, 0.25) is 0 Å². The predicted molar refractivity (Wildman–Crippen MR) is 128 cm³/mol. The first-order valence-electron chi connectivity index (χ1n) is 11.4. The number of unbranched alkanes of at least 4 members (excludes halogenated alkanes) is 9. The number of aliphatic hydroxyl groups excluding tert-OH is 1. The van der Waals surface area contributed by atoms with Crippen molar-refractivity contribution in [3.63, 3.8) is 0 Å². The van der Waals surface area contributed by atoms with Gasteiger partial charge >= 0.3 is 0 Å². The van der Waals surface area contributed by atoms with E-state index in [1.54, 1.807) is 0 Å². The third kappa shape index (κ3) is 9.82. The molecule has 1 N–H and O–H groups in total. The quantitative estimate of drug-likeness (QED) is 0.271. The fraction of sp³-hybridized carbons (Fsp3) is 0.538. The highest BCUT2D eigenvalue weighted by Gasteiger charge is 2.08. The predicted octanol–water partition coefficient (Wildman–Crippen LogP) is 8.17. The summed E-state index contributed by atoms with van der Waals surface area (Å²) < 4.78 is 6.90. The molecular weight excluding hydrogens is 424 g/mol. The van der Waals surface area contributed by atoms with E-state index >= 15 is 0 Å². The topological polar surface area (TPSA) is 29.5 Å². The van der Waals surface area contributed by atoms with E-state index in [0.29, 0.717) is 6.61 Å². The van der Waals surface area contributed by atoms with Crippen LogP contribution < -0.4 is 4.74 Å². The van der Waals surface area contributed by atoms with Gasteiger partial charge in [0, 0.05) is 4.47 Å². The van der Waals surface area contributed by atoms with Gasteiger partial charge in [0.1, 0.15) is 12.4 Å². The number of ether oxygens (including phenoxy) is 1. The molecule has 0 saturated carbocycles. The van der Waals surface area contributed by atoms with Crippen LogP contribution in [0.2, 0.25) is 0 Å². The summed E-state index contributed by atoms with van der Waals surface area (Å²) in [6.45, 7) is 2.62. The van der Waals surface area contributed by atoms with Crippen LogP contribution >= 0.6 is 15.9 Å². The van der Waals surface area contributed by atoms with E-state index in [-0.39, 0.29) is 0 Å². The van der Waals surface area contributed by atoms with Crippen LogP contribution in [0.1, 0.15) is 77.6 Å². The zero-order valence-electron chi connectivity index (χ0n) is 17.9. The zero-order chi connectivity index (χ0) is 20.7. The first-order chi connectivity index (χ1) is 14.2. The van der Waals surface area contributed by atoms with Crippen molar-refractivity contribution in [1.29, 1.82) is 0 Å². The largest absolute Gasteiger partial charge is 0.491 e. The van der Waals surface area contributed by atoms with Crippen molar-refractivity contribution in [3.8, 4) is 16.9 Å². The minimum atomic E-state index is -0.395. The molecule has 1 unspecified atom stereocenters. The zero-order valence-corrected chi connectivity index (χ0v) is 19.5. The molecule has 0 aliphatic rings. The smallest absolute Gasteiger partial charge is 0.120 e. The first kappa shape index (κ1) is 24.0. The Bertz CT molecular complexity index is 672. The summed E-state index contributed by atoms with van der Waals surface area (Å²) in [5, 5.41) is 10.2. The van der Waals surface area contributed by atoms with Crippen molar-refractivity contribution in [2.75, 3.05) is 6.61 Å². The Morgan fingerprint density at radius 1 is 0.828 bits per heavy atom. The van der Waals surface area contributed by atoms with Crippen molar-refractivity contribution in [3.05, 3.63) is 53.0 Å². The second-order valence-corrected chi connectivity index (χ2v) is 8.80. The van der Waals surface area contributed by atoms with Gasteiger partial charge in [-0.3, -0.25) is 0 Å². The molecule has 0 amide bonds. The highest BCUT2D eigenvalue weighted by molar-refractivity contribution is 9.10. The summed E-state index contributed by atoms with van der Waals surface area (Å²) in [5.41, 5.74) is 2.25. The molecule has 0 radical (unpaired) electrons. The molecule has 29 heavy (non-hydrogen) atoms. The molecule has 0 fully saturated rings. The molecule has 2 aromatic carbocycles. The lowest BCUT2D eigenvalue weighted by molar-refractivity contribution is 0.0975. The fourth-order valence-electron chi connectivity index (χ4n) is 3.58. The molecule has 2 nitrogen and oxygen atoms in total. The maximum atomic E-state index is 10.2. The molecular formula is C26H37BrO2. The minimum absolute atomic E-state index is 0.354. The van der Waals surface area contributed by atoms with E-state index in [0.717, 1.165) is 34.2 Å². The van der Waals surface area contributed by atoms with Crippen LogP contribution in [0.5, 0.6) is 5.75 Å². The standard InChI is InChI=1S/C26H37BrO2/c1-2-3-4-5-6-7-8-9-10-14-17-23(28)21-29-24-18-19-26(27)25(20-24)22-15-12-11-13-16-22/h11-13,15-16,18-20,23,28H,2-10,14,17,21H2,1H3. The van der Waals surface area contributed by atoms with Gasteiger partial charge in [-0.2, -0.15) is 0 Å². The third-order valence-corrected chi connectivity index (χ3v) is 6.05. The maximum Gasteiger partial charge on any atom is 0.120 e. The molecule has 0 aromatic heterocycles. The number of aliphatic hydroxyl groups is 1. The van der Waals surface area contributed by atoms with E-state index < -0.39 is 6.10 Å². The van der Waals surface area contributed by atoms with Crippen LogP contribution in [0.15, 0.2) is 53.0 Å². The summed E-state index contributed by atoms with van der Waals surface area (Å²) in [6, 6.07) is 16.2. The molecule has 0 spiro atoms. The molecule has 1 atom stereocenters. The van der Waals surface area contributed by atoms with Crippen molar-refractivity contribution in [2.45, 2.75) is 83.7 Å². The number of benzene rings is 2. The molecule has 0 aliphatic carbocycles. The van der Waals surface area contributed by atoms with Gasteiger partial charge in [-0.1, -0.05) is 117 Å². The van der Waals surface area contributed by atoms with Gasteiger partial charge in [-0.25, -0.2) is 0 Å². The summed E-state index contributed by atoms with van der Waals surface area (Å²) in [7, 11) is 0. The van der Waals surface area contributed by atoms with Crippen LogP contribution in [0.3, 0.4) is 0 Å². The van der Waals surface area contributed by atoms with Crippen LogP contribution in [-0.4, -0.2) is 17.8 Å². The second-order valence-electron chi connectivity index (χ2n) is 7.94. The Labute approximate surface area is 185 Å². The lowest BCUT2D eigenvalue weighted by atomic mass is 10.0. The SMILES string of the molecule is CCCCCCCCCCCCC(O)COc1ccc(Br)c(-c2ccccc2)c1. The Morgan fingerprint density at radius 2 is 1.45 bits per heavy atom. The summed E-state index contributed by atoms with van der Waals surface area (Å²) >= 11 is 3.62. The number of hydrogen-bond donors (Lipinski definition) is 1. The van der Waals surface area contributed by atoms with E-state index in [4.69, 9.17) is 4.74 Å². The average Bonchev–Trinajstić information content (AvgIpc) is 2.75. The van der Waals surface area contributed by atoms with Crippen molar-refractivity contribution in [2.24, 2.45) is 0 Å². The molecule has 0 aliphatic heterocycles. The molecule has 0 bridgehead atoms. The summed E-state index contributed by atoms with van der Waals surface area (Å²) in [6.07, 6.45) is 13.6. The number of hydrogen-bond acceptors (Lipinski definition) is 2. The van der Waals surface area contributed by atoms with Crippen LogP contribution in [0.4, 0.5) is 0 Å². The molecule has 2 aromatic rings. The highest BCUT2D eigenvalue weighted by atomic mass is 79.9. The van der Waals surface area contributed by atoms with Gasteiger partial charge < -0.3 is 9.84 Å². The first-order valence-corrected chi connectivity index (χ1v) is 12.2. The van der Waals surface area contributed by atoms with Crippen LogP contribution in [0.25, 0.3) is 11.1 Å². The Morgan fingerprint density at radius 3 is 2.10 bits per heavy atom. The maximum absolute atomic E-state index is 10.2. The van der Waals surface area contributed by atoms with Gasteiger partial charge in [-0.05, 0) is 35.7 Å². The Balaban J connectivity index is 1.60. The van der Waals surface area contributed by atoms with Crippen LogP contribution in [-0.2, 0) is 0 Å². The molecule has 160 valence electrons. The van der Waals surface area contributed by atoms with Crippen LogP contribution in [0, 0.1) is 0 Å². The van der Waals surface area contributed by atoms with Gasteiger partial charge in [-0.15, -0.1) is 0 Å². The fourth-order valence-corrected chi connectivity index (χ4v) is 4.05. The molecule has 0 heterocycles. The highest BCUT2D eigenvalue weighted by Crippen LogP contribution is 2.31. The molecule has 3 heteroatoms. The van der Waals surface area contributed by atoms with Crippen molar-refractivity contribution in [1.82, 2.24) is 0 Å². The number of halogens is 1. The van der Waals surface area contributed by atoms with E-state index in [1.165, 1.54) is 57.8 Å². The monoisotopic (exact) mass is 460 g/mol. The van der Waals surface area contributed by atoms with Gasteiger partial charge in [0.15, 0.2) is 0 Å². The van der Waals surface area contributed by atoms with Gasteiger partial charge in [0.05, 0.1) is 6.10 Å². The van der Waals surface area contributed by atoms with E-state index in [2.05, 4.69) is 35.0 Å². The minimum Gasteiger partial charge on any atom is -0.491 e. The Hall–Kier alpha value is -1.32. The normalized spacial score (nSPS) is 12.1. The summed E-state index contributed by atoms with van der Waals surface area (Å²) in [5.74, 6) is 0.800. The second kappa shape index (κ2) is 14.6. The van der Waals surface area contributed by atoms with Crippen molar-refractivity contribution < 1.29 is 9.84 Å². The lowest BCUT2D eigenvalue weighted by Crippen LogP contribution is -2.17. The average molecular weight is 461 g/mol. The number of rotatable bonds is 15. The van der Waals surface area contributed by atoms with Gasteiger partial charge in [0.25, 0.3) is 0 Å². The van der Waals surface area contributed by atoms with E-state index in [9.17, 15) is 5.11 Å². The Kier molecular flexibility index (Phi) is 12.1. The third-order valence-electron chi connectivity index (χ3n) is 5.36.